The highest BCUT2D eigenvalue weighted by molar-refractivity contribution is 7.16. The minimum absolute atomic E-state index is 0.316. The van der Waals surface area contributed by atoms with Gasteiger partial charge in [0.05, 0.1) is 18.2 Å². The first-order chi connectivity index (χ1) is 11.1. The van der Waals surface area contributed by atoms with E-state index in [4.69, 9.17) is 4.74 Å². The molecule has 3 aromatic rings. The molecule has 7 nitrogen and oxygen atoms in total. The summed E-state index contributed by atoms with van der Waals surface area (Å²) in [7, 11) is 1.52. The maximum atomic E-state index is 12.4. The van der Waals surface area contributed by atoms with Gasteiger partial charge in [0.25, 0.3) is 5.56 Å². The van der Waals surface area contributed by atoms with Gasteiger partial charge in [-0.2, -0.15) is 0 Å². The van der Waals surface area contributed by atoms with Gasteiger partial charge in [0.1, 0.15) is 16.4 Å². The van der Waals surface area contributed by atoms with Gasteiger partial charge in [0.2, 0.25) is 0 Å². The Morgan fingerprint density at radius 1 is 1.30 bits per heavy atom. The van der Waals surface area contributed by atoms with Crippen LogP contribution in [-0.2, 0) is 0 Å². The third-order valence-electron chi connectivity index (χ3n) is 3.23. The number of thiophene rings is 1. The van der Waals surface area contributed by atoms with Gasteiger partial charge in [-0.05, 0) is 30.5 Å². The number of nitrogens with zero attached hydrogens (tertiary/aromatic N) is 2. The highest BCUT2D eigenvalue weighted by Crippen LogP contribution is 2.22. The average Bonchev–Trinajstić information content (AvgIpc) is 3.00. The highest BCUT2D eigenvalue weighted by atomic mass is 32.1. The predicted molar refractivity (Wildman–Crippen MR) is 90.0 cm³/mol. The van der Waals surface area contributed by atoms with Gasteiger partial charge in [0.15, 0.2) is 0 Å². The first-order valence-electron chi connectivity index (χ1n) is 6.78. The van der Waals surface area contributed by atoms with E-state index in [-0.39, 0.29) is 5.56 Å². The number of ether oxygens (including phenoxy) is 1. The lowest BCUT2D eigenvalue weighted by molar-refractivity contribution is 0.259. The number of hydrogen-bond acceptors (Lipinski definition) is 5. The number of aromatic nitrogens is 2. The van der Waals surface area contributed by atoms with Crippen LogP contribution >= 0.6 is 11.3 Å². The van der Waals surface area contributed by atoms with E-state index in [1.807, 2.05) is 0 Å². The molecule has 0 aliphatic carbocycles. The number of urea groups is 1. The number of fused-ring (bicyclic) bond motifs is 1. The number of benzene rings is 1. The van der Waals surface area contributed by atoms with Crippen molar-refractivity contribution in [3.63, 3.8) is 0 Å². The highest BCUT2D eigenvalue weighted by Gasteiger charge is 2.12. The van der Waals surface area contributed by atoms with Crippen molar-refractivity contribution in [2.75, 3.05) is 17.9 Å². The van der Waals surface area contributed by atoms with Gasteiger partial charge < -0.3 is 10.1 Å². The maximum Gasteiger partial charge on any atom is 0.338 e. The Morgan fingerprint density at radius 2 is 2.09 bits per heavy atom. The van der Waals surface area contributed by atoms with Crippen LogP contribution in [0.1, 0.15) is 5.82 Å². The fourth-order valence-corrected chi connectivity index (χ4v) is 2.95. The zero-order chi connectivity index (χ0) is 16.4. The first kappa shape index (κ1) is 15.0. The summed E-state index contributed by atoms with van der Waals surface area (Å²) in [5.41, 5.74) is 2.69. The Labute approximate surface area is 135 Å². The van der Waals surface area contributed by atoms with Crippen LogP contribution < -0.4 is 21.0 Å². The SMILES string of the molecule is COc1ccccc1NC(=O)Nn1c(C)nc2sccc2c1=O. The molecule has 0 saturated heterocycles. The maximum absolute atomic E-state index is 12.4. The molecule has 0 atom stereocenters. The summed E-state index contributed by atoms with van der Waals surface area (Å²) in [6.07, 6.45) is 0. The van der Waals surface area contributed by atoms with Crippen LogP contribution in [0.2, 0.25) is 0 Å². The second-order valence-electron chi connectivity index (χ2n) is 4.71. The number of anilines is 1. The molecule has 2 amide bonds. The van der Waals surface area contributed by atoms with Crippen molar-refractivity contribution in [3.05, 3.63) is 51.9 Å². The molecule has 0 fully saturated rings. The molecule has 0 saturated carbocycles. The second-order valence-corrected chi connectivity index (χ2v) is 5.60. The zero-order valence-electron chi connectivity index (χ0n) is 12.5. The summed E-state index contributed by atoms with van der Waals surface area (Å²) in [5, 5.41) is 4.91. The van der Waals surface area contributed by atoms with Gasteiger partial charge in [-0.3, -0.25) is 4.79 Å². The Kier molecular flexibility index (Phi) is 3.98. The summed E-state index contributed by atoms with van der Waals surface area (Å²) < 4.78 is 6.29. The van der Waals surface area contributed by atoms with Crippen LogP contribution in [0.3, 0.4) is 0 Å². The fourth-order valence-electron chi connectivity index (χ4n) is 2.15. The van der Waals surface area contributed by atoms with Crippen molar-refractivity contribution in [1.82, 2.24) is 9.66 Å². The molecule has 0 bridgehead atoms. The van der Waals surface area contributed by atoms with Crippen LogP contribution in [0.15, 0.2) is 40.5 Å². The van der Waals surface area contributed by atoms with E-state index in [0.717, 1.165) is 4.68 Å². The minimum atomic E-state index is -0.559. The summed E-state index contributed by atoms with van der Waals surface area (Å²) >= 11 is 1.38. The molecule has 2 aromatic heterocycles. The molecule has 0 aliphatic rings. The zero-order valence-corrected chi connectivity index (χ0v) is 13.3. The molecule has 8 heteroatoms. The largest absolute Gasteiger partial charge is 0.495 e. The lowest BCUT2D eigenvalue weighted by Crippen LogP contribution is -2.37. The van der Waals surface area contributed by atoms with Crippen LogP contribution in [0.5, 0.6) is 5.75 Å². The summed E-state index contributed by atoms with van der Waals surface area (Å²) in [4.78, 5) is 29.5. The van der Waals surface area contributed by atoms with E-state index in [0.29, 0.717) is 27.5 Å². The molecular weight excluding hydrogens is 316 g/mol. The van der Waals surface area contributed by atoms with Crippen molar-refractivity contribution in [2.45, 2.75) is 6.92 Å². The number of para-hydroxylation sites is 2. The lowest BCUT2D eigenvalue weighted by Gasteiger charge is -2.13. The third-order valence-corrected chi connectivity index (χ3v) is 4.04. The van der Waals surface area contributed by atoms with E-state index in [2.05, 4.69) is 15.7 Å². The summed E-state index contributed by atoms with van der Waals surface area (Å²) in [6.45, 7) is 1.66. The van der Waals surface area contributed by atoms with Gasteiger partial charge in [-0.15, -0.1) is 11.3 Å². The number of aryl methyl sites for hydroxylation is 1. The minimum Gasteiger partial charge on any atom is -0.495 e. The van der Waals surface area contributed by atoms with E-state index in [1.165, 1.54) is 18.4 Å². The fraction of sp³-hybridized carbons (Fsp3) is 0.133. The molecular formula is C15H14N4O3S. The van der Waals surface area contributed by atoms with E-state index in [1.54, 1.807) is 42.6 Å². The number of methoxy groups -OCH3 is 1. The van der Waals surface area contributed by atoms with Crippen molar-refractivity contribution < 1.29 is 9.53 Å². The monoisotopic (exact) mass is 330 g/mol. The quantitative estimate of drug-likeness (QED) is 0.773. The number of carbonyl (C=O) groups is 1. The average molecular weight is 330 g/mol. The number of rotatable bonds is 3. The number of carbonyl (C=O) groups excluding carboxylic acids is 1. The third kappa shape index (κ3) is 2.88. The lowest BCUT2D eigenvalue weighted by atomic mass is 10.3. The van der Waals surface area contributed by atoms with Crippen molar-refractivity contribution in [1.29, 1.82) is 0 Å². The Hall–Kier alpha value is -2.87. The first-order valence-corrected chi connectivity index (χ1v) is 7.66. The number of amides is 2. The molecule has 0 unspecified atom stereocenters. The van der Waals surface area contributed by atoms with E-state index in [9.17, 15) is 9.59 Å². The van der Waals surface area contributed by atoms with Crippen LogP contribution in [0.4, 0.5) is 10.5 Å². The van der Waals surface area contributed by atoms with Crippen molar-refractivity contribution in [3.8, 4) is 5.75 Å². The van der Waals surface area contributed by atoms with E-state index >= 15 is 0 Å². The van der Waals surface area contributed by atoms with Crippen LogP contribution in [0, 0.1) is 6.92 Å². The normalized spacial score (nSPS) is 10.5. The van der Waals surface area contributed by atoms with Crippen molar-refractivity contribution >= 4 is 33.3 Å². The van der Waals surface area contributed by atoms with Crippen LogP contribution in [-0.4, -0.2) is 22.8 Å². The molecule has 2 heterocycles. The number of hydrogen-bond donors (Lipinski definition) is 2. The van der Waals surface area contributed by atoms with Gasteiger partial charge in [0, 0.05) is 0 Å². The molecule has 3 rings (SSSR count). The van der Waals surface area contributed by atoms with Gasteiger partial charge in [-0.25, -0.2) is 19.9 Å². The van der Waals surface area contributed by atoms with Crippen LogP contribution in [0.25, 0.3) is 10.2 Å². The molecule has 118 valence electrons. The molecule has 0 spiro atoms. The Morgan fingerprint density at radius 3 is 2.87 bits per heavy atom. The molecule has 0 aliphatic heterocycles. The topological polar surface area (TPSA) is 85.2 Å². The smallest absolute Gasteiger partial charge is 0.338 e. The molecule has 2 N–H and O–H groups in total. The van der Waals surface area contributed by atoms with Gasteiger partial charge in [-0.1, -0.05) is 12.1 Å². The molecule has 0 radical (unpaired) electrons. The Bertz CT molecular complexity index is 932. The Balaban J connectivity index is 1.87. The molecule has 1 aromatic carbocycles. The standard InChI is InChI=1S/C15H14N4O3S/c1-9-16-13-10(7-8-23-13)14(20)19(9)18-15(21)17-11-5-3-4-6-12(11)22-2/h3-8H,1-2H3,(H2,17,18,21). The molecule has 23 heavy (non-hydrogen) atoms. The number of nitrogens with one attached hydrogen (secondary N) is 2. The second kappa shape index (κ2) is 6.09. The van der Waals surface area contributed by atoms with Crippen molar-refractivity contribution in [2.24, 2.45) is 0 Å². The summed E-state index contributed by atoms with van der Waals surface area (Å²) in [5.74, 6) is 0.929. The van der Waals surface area contributed by atoms with E-state index < -0.39 is 6.03 Å². The summed E-state index contributed by atoms with van der Waals surface area (Å²) in [6, 6.07) is 8.13. The van der Waals surface area contributed by atoms with Gasteiger partial charge >= 0.3 is 6.03 Å². The predicted octanol–water partition coefficient (Wildman–Crippen LogP) is 2.55.